The van der Waals surface area contributed by atoms with Crippen molar-refractivity contribution in [3.05, 3.63) is 35.4 Å². The highest BCUT2D eigenvalue weighted by atomic mass is 15.2. The van der Waals surface area contributed by atoms with Crippen LogP contribution in [-0.4, -0.2) is 31.6 Å². The molecule has 1 aromatic carbocycles. The lowest BCUT2D eigenvalue weighted by Crippen LogP contribution is -2.48. The maximum atomic E-state index is 3.43. The summed E-state index contributed by atoms with van der Waals surface area (Å²) in [5.41, 5.74) is 2.85. The van der Waals surface area contributed by atoms with Crippen molar-refractivity contribution in [2.75, 3.05) is 21.1 Å². The van der Waals surface area contributed by atoms with E-state index in [1.807, 2.05) is 7.05 Å². The van der Waals surface area contributed by atoms with E-state index in [1.165, 1.54) is 17.5 Å². The van der Waals surface area contributed by atoms with E-state index >= 15 is 0 Å². The van der Waals surface area contributed by atoms with Gasteiger partial charge in [-0.2, -0.15) is 0 Å². The van der Waals surface area contributed by atoms with Crippen molar-refractivity contribution in [1.82, 2.24) is 10.2 Å². The van der Waals surface area contributed by atoms with Crippen molar-refractivity contribution >= 4 is 0 Å². The van der Waals surface area contributed by atoms with Crippen LogP contribution in [0.25, 0.3) is 0 Å². The molecular weight excluding hydrogens is 232 g/mol. The van der Waals surface area contributed by atoms with Crippen LogP contribution in [0, 0.1) is 0 Å². The van der Waals surface area contributed by atoms with E-state index in [0.29, 0.717) is 12.0 Å². The van der Waals surface area contributed by atoms with Crippen LogP contribution in [0.3, 0.4) is 0 Å². The Hall–Kier alpha value is -0.860. The van der Waals surface area contributed by atoms with Gasteiger partial charge >= 0.3 is 0 Å². The summed E-state index contributed by atoms with van der Waals surface area (Å²) >= 11 is 0. The monoisotopic (exact) mass is 262 g/mol. The van der Waals surface area contributed by atoms with Gasteiger partial charge in [-0.15, -0.1) is 0 Å². The Morgan fingerprint density at radius 2 is 1.58 bits per heavy atom. The highest BCUT2D eigenvalue weighted by Gasteiger charge is 2.30. The van der Waals surface area contributed by atoms with Gasteiger partial charge in [0.25, 0.3) is 0 Å². The second-order valence-corrected chi connectivity index (χ2v) is 6.31. The Balaban J connectivity index is 3.05. The van der Waals surface area contributed by atoms with Crippen molar-refractivity contribution in [2.24, 2.45) is 0 Å². The van der Waals surface area contributed by atoms with E-state index in [-0.39, 0.29) is 5.54 Å². The quantitative estimate of drug-likeness (QED) is 0.839. The largest absolute Gasteiger partial charge is 0.313 e. The summed E-state index contributed by atoms with van der Waals surface area (Å²) in [5, 5.41) is 3.43. The Bertz CT molecular complexity index is 379. The number of likely N-dealkylation sites (N-methyl/N-ethyl adjacent to an activating group) is 2. The molecule has 1 rings (SSSR count). The molecule has 2 nitrogen and oxygen atoms in total. The molecule has 0 heterocycles. The van der Waals surface area contributed by atoms with Gasteiger partial charge in [0.15, 0.2) is 0 Å². The number of hydrogen-bond donors (Lipinski definition) is 1. The van der Waals surface area contributed by atoms with Gasteiger partial charge in [-0.25, -0.2) is 0 Å². The Kier molecular flexibility index (Phi) is 5.57. The lowest BCUT2D eigenvalue weighted by molar-refractivity contribution is 0.177. The number of hydrogen-bond acceptors (Lipinski definition) is 2. The zero-order valence-corrected chi connectivity index (χ0v) is 13.6. The van der Waals surface area contributed by atoms with Crippen LogP contribution < -0.4 is 5.32 Å². The normalized spacial score (nSPS) is 15.6. The Labute approximate surface area is 119 Å². The third-order valence-corrected chi connectivity index (χ3v) is 4.28. The molecule has 1 N–H and O–H groups in total. The van der Waals surface area contributed by atoms with Crippen molar-refractivity contribution in [3.8, 4) is 0 Å². The van der Waals surface area contributed by atoms with Gasteiger partial charge in [-0.1, -0.05) is 38.1 Å². The molecule has 0 radical (unpaired) electrons. The van der Waals surface area contributed by atoms with Gasteiger partial charge in [0.1, 0.15) is 0 Å². The molecule has 0 aromatic heterocycles. The van der Waals surface area contributed by atoms with E-state index in [4.69, 9.17) is 0 Å². The van der Waals surface area contributed by atoms with E-state index in [0.717, 1.165) is 0 Å². The fourth-order valence-electron chi connectivity index (χ4n) is 2.74. The van der Waals surface area contributed by atoms with Crippen molar-refractivity contribution < 1.29 is 0 Å². The minimum atomic E-state index is 0.0430. The van der Waals surface area contributed by atoms with Crippen LogP contribution >= 0.6 is 0 Å². The second-order valence-electron chi connectivity index (χ2n) is 6.31. The predicted molar refractivity (Wildman–Crippen MR) is 84.7 cm³/mol. The van der Waals surface area contributed by atoms with Crippen LogP contribution in [0.1, 0.15) is 57.2 Å². The molecule has 19 heavy (non-hydrogen) atoms. The van der Waals surface area contributed by atoms with Crippen molar-refractivity contribution in [3.63, 3.8) is 0 Å². The molecule has 0 saturated heterocycles. The molecule has 0 fully saturated rings. The standard InChI is InChI=1S/C17H30N2/c1-8-13(2)14-9-11-15(12-10-14)16(19(6)7)17(3,4)18-5/h9-13,16,18H,8H2,1-7H3. The average molecular weight is 262 g/mol. The Morgan fingerprint density at radius 1 is 1.11 bits per heavy atom. The van der Waals surface area contributed by atoms with Gasteiger partial charge in [0, 0.05) is 5.54 Å². The third kappa shape index (κ3) is 3.80. The Morgan fingerprint density at radius 3 is 1.95 bits per heavy atom. The molecule has 2 heteroatoms. The lowest BCUT2D eigenvalue weighted by atomic mass is 9.86. The van der Waals surface area contributed by atoms with E-state index < -0.39 is 0 Å². The molecule has 108 valence electrons. The molecule has 0 spiro atoms. The summed E-state index contributed by atoms with van der Waals surface area (Å²) in [6.07, 6.45) is 1.19. The average Bonchev–Trinajstić information content (AvgIpc) is 2.38. The summed E-state index contributed by atoms with van der Waals surface area (Å²) in [6.45, 7) is 9.03. The van der Waals surface area contributed by atoms with Crippen LogP contribution in [0.15, 0.2) is 24.3 Å². The van der Waals surface area contributed by atoms with Gasteiger partial charge in [-0.3, -0.25) is 0 Å². The fourth-order valence-corrected chi connectivity index (χ4v) is 2.74. The van der Waals surface area contributed by atoms with Crippen molar-refractivity contribution in [1.29, 1.82) is 0 Å². The van der Waals surface area contributed by atoms with E-state index in [1.54, 1.807) is 0 Å². The highest BCUT2D eigenvalue weighted by molar-refractivity contribution is 5.29. The molecule has 2 unspecified atom stereocenters. The number of rotatable bonds is 6. The minimum Gasteiger partial charge on any atom is -0.313 e. The number of nitrogens with one attached hydrogen (secondary N) is 1. The first kappa shape index (κ1) is 16.2. The molecular formula is C17H30N2. The van der Waals surface area contributed by atoms with Crippen LogP contribution in [0.5, 0.6) is 0 Å². The minimum absolute atomic E-state index is 0.0430. The molecule has 0 aliphatic rings. The first-order valence-corrected chi connectivity index (χ1v) is 7.28. The second kappa shape index (κ2) is 6.53. The third-order valence-electron chi connectivity index (χ3n) is 4.28. The van der Waals surface area contributed by atoms with Crippen molar-refractivity contribution in [2.45, 2.75) is 51.6 Å². The van der Waals surface area contributed by atoms with Gasteiger partial charge in [0.05, 0.1) is 6.04 Å². The highest BCUT2D eigenvalue weighted by Crippen LogP contribution is 2.31. The summed E-state index contributed by atoms with van der Waals surface area (Å²) in [5.74, 6) is 0.643. The van der Waals surface area contributed by atoms with Crippen LogP contribution in [0.4, 0.5) is 0 Å². The first-order chi connectivity index (χ1) is 8.83. The summed E-state index contributed by atoms with van der Waals surface area (Å²) in [7, 11) is 6.32. The summed E-state index contributed by atoms with van der Waals surface area (Å²) < 4.78 is 0. The zero-order chi connectivity index (χ0) is 14.6. The summed E-state index contributed by atoms with van der Waals surface area (Å²) in [6, 6.07) is 9.50. The topological polar surface area (TPSA) is 15.3 Å². The molecule has 0 saturated carbocycles. The summed E-state index contributed by atoms with van der Waals surface area (Å²) in [4.78, 5) is 2.29. The maximum Gasteiger partial charge on any atom is 0.0519 e. The molecule has 0 amide bonds. The molecule has 0 bridgehead atoms. The van der Waals surface area contributed by atoms with E-state index in [9.17, 15) is 0 Å². The van der Waals surface area contributed by atoms with E-state index in [2.05, 4.69) is 76.3 Å². The zero-order valence-electron chi connectivity index (χ0n) is 13.6. The number of nitrogens with zero attached hydrogens (tertiary/aromatic N) is 1. The molecule has 0 aliphatic heterocycles. The van der Waals surface area contributed by atoms with Gasteiger partial charge in [-0.05, 0) is 58.5 Å². The fraction of sp³-hybridized carbons (Fsp3) is 0.647. The molecule has 2 atom stereocenters. The predicted octanol–water partition coefficient (Wildman–Crippen LogP) is 3.80. The van der Waals surface area contributed by atoms with Gasteiger partial charge < -0.3 is 10.2 Å². The SMILES string of the molecule is CCC(C)c1ccc(C(N(C)C)C(C)(C)NC)cc1. The van der Waals surface area contributed by atoms with Crippen LogP contribution in [0.2, 0.25) is 0 Å². The molecule has 1 aromatic rings. The van der Waals surface area contributed by atoms with Crippen LogP contribution in [-0.2, 0) is 0 Å². The molecule has 0 aliphatic carbocycles. The first-order valence-electron chi connectivity index (χ1n) is 7.28. The smallest absolute Gasteiger partial charge is 0.0519 e. The lowest BCUT2D eigenvalue weighted by Gasteiger charge is -2.39. The number of benzene rings is 1. The maximum absolute atomic E-state index is 3.43. The van der Waals surface area contributed by atoms with Gasteiger partial charge in [0.2, 0.25) is 0 Å².